The molecule has 2 aliphatic rings. The monoisotopic (exact) mass is 307 g/mol. The van der Waals surface area contributed by atoms with Gasteiger partial charge in [-0.3, -0.25) is 9.59 Å². The third-order valence-corrected chi connectivity index (χ3v) is 5.01. The molecule has 1 aromatic carbocycles. The molecule has 1 fully saturated rings. The Bertz CT molecular complexity index is 575. The summed E-state index contributed by atoms with van der Waals surface area (Å²) in [5, 5.41) is -0.0203. The van der Waals surface area contributed by atoms with Gasteiger partial charge in [0.1, 0.15) is 11.1 Å². The molecule has 0 N–H and O–H groups in total. The highest BCUT2D eigenvalue weighted by atomic mass is 32.2. The van der Waals surface area contributed by atoms with Gasteiger partial charge in [0.05, 0.1) is 25.9 Å². The molecule has 2 aliphatic heterocycles. The van der Waals surface area contributed by atoms with E-state index in [1.807, 2.05) is 12.1 Å². The van der Waals surface area contributed by atoms with Crippen LogP contribution >= 0.6 is 11.8 Å². The van der Waals surface area contributed by atoms with Crippen molar-refractivity contribution in [2.45, 2.75) is 18.2 Å². The van der Waals surface area contributed by atoms with E-state index in [0.717, 1.165) is 24.3 Å². The summed E-state index contributed by atoms with van der Waals surface area (Å²) in [5.74, 6) is 1.18. The summed E-state index contributed by atoms with van der Waals surface area (Å²) in [6.07, 6.45) is 1.14. The zero-order valence-electron chi connectivity index (χ0n) is 11.8. The Kier molecular flexibility index (Phi) is 4.05. The van der Waals surface area contributed by atoms with Gasteiger partial charge in [-0.1, -0.05) is 6.07 Å². The zero-order valence-corrected chi connectivity index (χ0v) is 12.6. The van der Waals surface area contributed by atoms with Crippen LogP contribution in [0.4, 0.5) is 0 Å². The maximum Gasteiger partial charge on any atom is 0.307 e. The van der Waals surface area contributed by atoms with Crippen LogP contribution in [0.3, 0.4) is 0 Å². The van der Waals surface area contributed by atoms with E-state index >= 15 is 0 Å². The van der Waals surface area contributed by atoms with Crippen molar-refractivity contribution in [3.05, 3.63) is 29.3 Å². The smallest absolute Gasteiger partial charge is 0.307 e. The number of amides is 1. The number of thioether (sulfide) groups is 1. The van der Waals surface area contributed by atoms with Crippen LogP contribution in [-0.2, 0) is 20.7 Å². The molecule has 1 amide bonds. The lowest BCUT2D eigenvalue weighted by atomic mass is 10.1. The summed E-state index contributed by atoms with van der Waals surface area (Å²) < 4.78 is 10.2. The number of carbonyl (C=O) groups is 2. The third kappa shape index (κ3) is 2.85. The minimum absolute atomic E-state index is 0.0203. The number of ether oxygens (including phenoxy) is 2. The van der Waals surface area contributed by atoms with E-state index in [1.54, 1.807) is 16.7 Å². The van der Waals surface area contributed by atoms with Crippen LogP contribution in [-0.4, -0.2) is 42.8 Å². The van der Waals surface area contributed by atoms with Gasteiger partial charge in [0, 0.05) is 13.0 Å². The summed E-state index contributed by atoms with van der Waals surface area (Å²) in [7, 11) is 1.36. The van der Waals surface area contributed by atoms with Crippen molar-refractivity contribution in [1.82, 2.24) is 4.90 Å². The van der Waals surface area contributed by atoms with E-state index in [0.29, 0.717) is 12.3 Å². The van der Waals surface area contributed by atoms with Gasteiger partial charge < -0.3 is 14.4 Å². The molecular weight excluding hydrogens is 290 g/mol. The lowest BCUT2D eigenvalue weighted by Gasteiger charge is -2.24. The Morgan fingerprint density at radius 3 is 3.19 bits per heavy atom. The van der Waals surface area contributed by atoms with Gasteiger partial charge in [-0.05, 0) is 23.3 Å². The molecule has 0 aliphatic carbocycles. The number of esters is 1. The molecule has 0 saturated carbocycles. The lowest BCUT2D eigenvalue weighted by molar-refractivity contribution is -0.141. The van der Waals surface area contributed by atoms with E-state index in [1.165, 1.54) is 12.7 Å². The van der Waals surface area contributed by atoms with Crippen LogP contribution in [0.5, 0.6) is 5.75 Å². The van der Waals surface area contributed by atoms with Crippen LogP contribution < -0.4 is 4.74 Å². The van der Waals surface area contributed by atoms with Crippen molar-refractivity contribution in [2.24, 2.45) is 0 Å². The van der Waals surface area contributed by atoms with Crippen LogP contribution in [0, 0.1) is 0 Å². The van der Waals surface area contributed by atoms with Gasteiger partial charge >= 0.3 is 5.97 Å². The quantitative estimate of drug-likeness (QED) is 0.793. The minimum atomic E-state index is -0.291. The predicted molar refractivity (Wildman–Crippen MR) is 79.2 cm³/mol. The summed E-state index contributed by atoms with van der Waals surface area (Å²) in [5.41, 5.74) is 2.29. The average Bonchev–Trinajstić information content (AvgIpc) is 3.10. The van der Waals surface area contributed by atoms with Crippen molar-refractivity contribution in [3.63, 3.8) is 0 Å². The molecule has 0 spiro atoms. The van der Waals surface area contributed by atoms with E-state index in [2.05, 4.69) is 10.8 Å². The third-order valence-electron chi connectivity index (χ3n) is 3.75. The van der Waals surface area contributed by atoms with E-state index in [4.69, 9.17) is 4.74 Å². The highest BCUT2D eigenvalue weighted by molar-refractivity contribution is 8.00. The molecule has 1 atom stereocenters. The molecule has 0 bridgehead atoms. The summed E-state index contributed by atoms with van der Waals surface area (Å²) >= 11 is 1.60. The fourth-order valence-corrected chi connectivity index (χ4v) is 3.85. The van der Waals surface area contributed by atoms with Gasteiger partial charge in [-0.15, -0.1) is 11.8 Å². The molecule has 6 heteroatoms. The first-order chi connectivity index (χ1) is 10.2. The first-order valence-corrected chi connectivity index (χ1v) is 7.97. The fraction of sp³-hybridized carbons (Fsp3) is 0.467. The normalized spacial score (nSPS) is 20.3. The number of methoxy groups -OCH3 is 1. The molecule has 112 valence electrons. The number of fused-ring (bicyclic) bond motifs is 1. The molecule has 5 nitrogen and oxygen atoms in total. The largest absolute Gasteiger partial charge is 0.493 e. The van der Waals surface area contributed by atoms with Crippen molar-refractivity contribution >= 4 is 23.6 Å². The average molecular weight is 307 g/mol. The second kappa shape index (κ2) is 5.97. The lowest BCUT2D eigenvalue weighted by Crippen LogP contribution is -2.30. The molecule has 0 radical (unpaired) electrons. The predicted octanol–water partition coefficient (Wildman–Crippen LogP) is 1.76. The molecular formula is C15H17NO4S. The van der Waals surface area contributed by atoms with E-state index in [-0.39, 0.29) is 23.7 Å². The van der Waals surface area contributed by atoms with Gasteiger partial charge in [-0.25, -0.2) is 0 Å². The maximum absolute atomic E-state index is 12.0. The van der Waals surface area contributed by atoms with Crippen molar-refractivity contribution in [2.75, 3.05) is 26.0 Å². The fourth-order valence-electron chi connectivity index (χ4n) is 2.65. The Morgan fingerprint density at radius 1 is 1.52 bits per heavy atom. The second-order valence-electron chi connectivity index (χ2n) is 5.04. The van der Waals surface area contributed by atoms with E-state index < -0.39 is 0 Å². The van der Waals surface area contributed by atoms with Crippen LogP contribution in [0.2, 0.25) is 0 Å². The number of hydrogen-bond donors (Lipinski definition) is 0. The molecule has 0 aromatic heterocycles. The van der Waals surface area contributed by atoms with Crippen molar-refractivity contribution in [1.29, 1.82) is 0 Å². The maximum atomic E-state index is 12.0. The Labute approximate surface area is 127 Å². The van der Waals surface area contributed by atoms with Crippen LogP contribution in [0.1, 0.15) is 22.9 Å². The molecule has 1 unspecified atom stereocenters. The topological polar surface area (TPSA) is 55.8 Å². The summed E-state index contributed by atoms with van der Waals surface area (Å²) in [6, 6.07) is 6.09. The summed E-state index contributed by atoms with van der Waals surface area (Å²) in [4.78, 5) is 25.1. The summed E-state index contributed by atoms with van der Waals surface area (Å²) in [6.45, 7) is 1.12. The van der Waals surface area contributed by atoms with Gasteiger partial charge in [0.2, 0.25) is 5.91 Å². The van der Waals surface area contributed by atoms with Crippen LogP contribution in [0.25, 0.3) is 0 Å². The SMILES string of the molecule is COC(=O)CCN1C(=O)CSC1c1ccc2c(c1)CCO2. The Balaban J connectivity index is 1.76. The standard InChI is InChI=1S/C15H17NO4S/c1-19-14(18)4-6-16-13(17)9-21-15(16)11-2-3-12-10(8-11)5-7-20-12/h2-3,8,15H,4-7,9H2,1H3. The van der Waals surface area contributed by atoms with Crippen LogP contribution in [0.15, 0.2) is 18.2 Å². The highest BCUT2D eigenvalue weighted by Gasteiger charge is 2.33. The highest BCUT2D eigenvalue weighted by Crippen LogP contribution is 2.40. The molecule has 1 aromatic rings. The Hall–Kier alpha value is -1.69. The molecule has 21 heavy (non-hydrogen) atoms. The van der Waals surface area contributed by atoms with Crippen molar-refractivity contribution in [3.8, 4) is 5.75 Å². The second-order valence-corrected chi connectivity index (χ2v) is 6.11. The molecule has 3 rings (SSSR count). The number of rotatable bonds is 4. The number of carbonyl (C=O) groups excluding carboxylic acids is 2. The Morgan fingerprint density at radius 2 is 2.38 bits per heavy atom. The van der Waals surface area contributed by atoms with E-state index in [9.17, 15) is 9.59 Å². The van der Waals surface area contributed by atoms with Gasteiger partial charge in [0.25, 0.3) is 0 Å². The van der Waals surface area contributed by atoms with Gasteiger partial charge in [-0.2, -0.15) is 0 Å². The first kappa shape index (κ1) is 14.3. The van der Waals surface area contributed by atoms with Crippen molar-refractivity contribution < 1.29 is 19.1 Å². The molecule has 1 saturated heterocycles. The zero-order chi connectivity index (χ0) is 14.8. The molecule has 2 heterocycles. The van der Waals surface area contributed by atoms with Gasteiger partial charge in [0.15, 0.2) is 0 Å². The number of nitrogens with zero attached hydrogens (tertiary/aromatic N) is 1. The number of benzene rings is 1. The number of hydrogen-bond acceptors (Lipinski definition) is 5. The minimum Gasteiger partial charge on any atom is -0.493 e. The first-order valence-electron chi connectivity index (χ1n) is 6.92.